The van der Waals surface area contributed by atoms with E-state index >= 15 is 0 Å². The Morgan fingerprint density at radius 3 is 2.84 bits per heavy atom. The first-order chi connectivity index (χ1) is 15.1. The van der Waals surface area contributed by atoms with Crippen LogP contribution >= 0.6 is 11.3 Å². The van der Waals surface area contributed by atoms with Crippen LogP contribution in [0.5, 0.6) is 0 Å². The van der Waals surface area contributed by atoms with Gasteiger partial charge in [0.25, 0.3) is 0 Å². The van der Waals surface area contributed by atoms with Crippen molar-refractivity contribution in [1.82, 2.24) is 20.1 Å². The van der Waals surface area contributed by atoms with Crippen molar-refractivity contribution in [3.8, 4) is 5.69 Å². The number of rotatable bonds is 5. The Hall–Kier alpha value is -3.13. The van der Waals surface area contributed by atoms with Crippen molar-refractivity contribution in [1.29, 1.82) is 0 Å². The van der Waals surface area contributed by atoms with E-state index in [4.69, 9.17) is 9.40 Å². The second-order valence-corrected chi connectivity index (χ2v) is 8.97. The minimum absolute atomic E-state index is 0.0523. The molecule has 1 fully saturated rings. The fourth-order valence-corrected chi connectivity index (χ4v) is 5.09. The number of nitrogens with one attached hydrogen (secondary N) is 1. The lowest BCUT2D eigenvalue weighted by atomic mass is 9.97. The van der Waals surface area contributed by atoms with Crippen LogP contribution in [0.25, 0.3) is 16.0 Å². The molecule has 31 heavy (non-hydrogen) atoms. The van der Waals surface area contributed by atoms with Crippen LogP contribution in [0.3, 0.4) is 0 Å². The molecule has 1 aliphatic heterocycles. The molecular weight excluding hydrogens is 410 g/mol. The Labute approximate surface area is 184 Å². The maximum absolute atomic E-state index is 12.8. The van der Waals surface area contributed by atoms with E-state index in [1.807, 2.05) is 61.0 Å². The molecule has 1 unspecified atom stereocenters. The topological polar surface area (TPSA) is 76.2 Å². The molecule has 1 amide bonds. The molecule has 1 atom stereocenters. The molecule has 8 heteroatoms. The monoisotopic (exact) mass is 435 g/mol. The van der Waals surface area contributed by atoms with Gasteiger partial charge < -0.3 is 14.6 Å². The van der Waals surface area contributed by atoms with Crippen LogP contribution in [-0.4, -0.2) is 33.8 Å². The zero-order chi connectivity index (χ0) is 21.4. The Morgan fingerprint density at radius 2 is 2.06 bits per heavy atom. The van der Waals surface area contributed by atoms with E-state index in [1.165, 1.54) is 0 Å². The SMILES string of the molecule is Cc1ccc(CNC(=O)C2CCCN(c3nc4c(s3)c(C)nn4-c3ccccc3)C2)o1. The van der Waals surface area contributed by atoms with Gasteiger partial charge in [0.05, 0.1) is 28.5 Å². The number of nitrogens with zero attached hydrogens (tertiary/aromatic N) is 4. The fourth-order valence-electron chi connectivity index (χ4n) is 4.07. The average molecular weight is 436 g/mol. The molecule has 4 aromatic rings. The van der Waals surface area contributed by atoms with Crippen molar-refractivity contribution in [3.05, 3.63) is 59.7 Å². The van der Waals surface area contributed by atoms with E-state index in [1.54, 1.807) is 11.3 Å². The van der Waals surface area contributed by atoms with Crippen LogP contribution in [0.2, 0.25) is 0 Å². The summed E-state index contributed by atoms with van der Waals surface area (Å²) in [6.45, 7) is 5.94. The second kappa shape index (κ2) is 8.19. The number of furan rings is 1. The van der Waals surface area contributed by atoms with Gasteiger partial charge in [-0.15, -0.1) is 0 Å². The number of thiazole rings is 1. The van der Waals surface area contributed by atoms with Crippen LogP contribution in [0.1, 0.15) is 30.1 Å². The summed E-state index contributed by atoms with van der Waals surface area (Å²) in [5.74, 6) is 1.66. The number of benzene rings is 1. The standard InChI is InChI=1S/C23H25N5O2S/c1-15-10-11-19(30-15)13-24-22(29)17-7-6-12-27(14-17)23-25-21-20(31-23)16(2)26-28(21)18-8-4-3-5-9-18/h3-5,8-11,17H,6-7,12-14H2,1-2H3,(H,24,29). The summed E-state index contributed by atoms with van der Waals surface area (Å²) in [5.41, 5.74) is 2.85. The van der Waals surface area contributed by atoms with Gasteiger partial charge in [-0.3, -0.25) is 4.79 Å². The molecule has 160 valence electrons. The van der Waals surface area contributed by atoms with Gasteiger partial charge in [-0.1, -0.05) is 29.5 Å². The lowest BCUT2D eigenvalue weighted by molar-refractivity contribution is -0.125. The Kier molecular flexibility index (Phi) is 5.23. The number of aromatic nitrogens is 3. The molecule has 1 N–H and O–H groups in total. The molecule has 0 aliphatic carbocycles. The lowest BCUT2D eigenvalue weighted by Gasteiger charge is -2.31. The molecule has 1 aromatic carbocycles. The highest BCUT2D eigenvalue weighted by molar-refractivity contribution is 7.22. The maximum Gasteiger partial charge on any atom is 0.225 e. The first-order valence-electron chi connectivity index (χ1n) is 10.6. The predicted molar refractivity (Wildman–Crippen MR) is 122 cm³/mol. The zero-order valence-corrected chi connectivity index (χ0v) is 18.5. The Morgan fingerprint density at radius 1 is 1.23 bits per heavy atom. The third-order valence-electron chi connectivity index (χ3n) is 5.67. The van der Waals surface area contributed by atoms with Crippen LogP contribution in [-0.2, 0) is 11.3 Å². The molecule has 1 saturated heterocycles. The lowest BCUT2D eigenvalue weighted by Crippen LogP contribution is -2.42. The van der Waals surface area contributed by atoms with E-state index in [0.717, 1.165) is 57.8 Å². The number of fused-ring (bicyclic) bond motifs is 1. The van der Waals surface area contributed by atoms with Crippen molar-refractivity contribution < 1.29 is 9.21 Å². The number of anilines is 1. The molecule has 0 spiro atoms. The highest BCUT2D eigenvalue weighted by atomic mass is 32.1. The van der Waals surface area contributed by atoms with Gasteiger partial charge in [0.15, 0.2) is 10.8 Å². The third kappa shape index (κ3) is 3.95. The number of para-hydroxylation sites is 1. The van der Waals surface area contributed by atoms with Gasteiger partial charge >= 0.3 is 0 Å². The normalized spacial score (nSPS) is 16.7. The molecule has 0 saturated carbocycles. The van der Waals surface area contributed by atoms with Gasteiger partial charge in [0.1, 0.15) is 11.5 Å². The summed E-state index contributed by atoms with van der Waals surface area (Å²) in [4.78, 5) is 19.9. The smallest absolute Gasteiger partial charge is 0.225 e. The summed E-state index contributed by atoms with van der Waals surface area (Å²) in [6.07, 6.45) is 1.86. The number of aryl methyl sites for hydroxylation is 2. The quantitative estimate of drug-likeness (QED) is 0.508. The van der Waals surface area contributed by atoms with E-state index in [-0.39, 0.29) is 11.8 Å². The molecule has 4 heterocycles. The molecule has 1 aliphatic rings. The summed E-state index contributed by atoms with van der Waals surface area (Å²) in [5, 5.41) is 8.66. The third-order valence-corrected chi connectivity index (χ3v) is 6.89. The fraction of sp³-hybridized carbons (Fsp3) is 0.348. The van der Waals surface area contributed by atoms with Crippen LogP contribution in [0, 0.1) is 19.8 Å². The largest absolute Gasteiger partial charge is 0.465 e. The number of hydrogen-bond acceptors (Lipinski definition) is 6. The average Bonchev–Trinajstić information content (AvgIpc) is 3.49. The van der Waals surface area contributed by atoms with Gasteiger partial charge in [0, 0.05) is 13.1 Å². The molecular formula is C23H25N5O2S. The van der Waals surface area contributed by atoms with Crippen molar-refractivity contribution in [3.63, 3.8) is 0 Å². The predicted octanol–water partition coefficient (Wildman–Crippen LogP) is 4.22. The second-order valence-electron chi connectivity index (χ2n) is 8.00. The van der Waals surface area contributed by atoms with Crippen molar-refractivity contribution in [2.75, 3.05) is 18.0 Å². The van der Waals surface area contributed by atoms with E-state index in [2.05, 4.69) is 15.3 Å². The molecule has 0 bridgehead atoms. The summed E-state index contributed by atoms with van der Waals surface area (Å²) >= 11 is 1.66. The van der Waals surface area contributed by atoms with Crippen molar-refractivity contribution >= 4 is 32.7 Å². The molecule has 3 aromatic heterocycles. The molecule has 7 nitrogen and oxygen atoms in total. The summed E-state index contributed by atoms with van der Waals surface area (Å²) < 4.78 is 8.56. The van der Waals surface area contributed by atoms with E-state index in [0.29, 0.717) is 13.1 Å². The number of carbonyl (C=O) groups excluding carboxylic acids is 1. The number of carbonyl (C=O) groups is 1. The summed E-state index contributed by atoms with van der Waals surface area (Å²) in [6, 6.07) is 13.9. The minimum Gasteiger partial charge on any atom is -0.465 e. The first kappa shape index (κ1) is 19.8. The van der Waals surface area contributed by atoms with E-state index in [9.17, 15) is 4.79 Å². The van der Waals surface area contributed by atoms with Crippen molar-refractivity contribution in [2.45, 2.75) is 33.2 Å². The van der Waals surface area contributed by atoms with Crippen molar-refractivity contribution in [2.24, 2.45) is 5.92 Å². The number of piperidine rings is 1. The Bertz CT molecular complexity index is 1210. The molecule has 5 rings (SSSR count). The van der Waals surface area contributed by atoms with Gasteiger partial charge in [-0.25, -0.2) is 4.68 Å². The van der Waals surface area contributed by atoms with Gasteiger partial charge in [0.2, 0.25) is 5.91 Å². The van der Waals surface area contributed by atoms with E-state index < -0.39 is 0 Å². The maximum atomic E-state index is 12.8. The minimum atomic E-state index is -0.0523. The van der Waals surface area contributed by atoms with Crippen LogP contribution in [0.15, 0.2) is 46.9 Å². The van der Waals surface area contributed by atoms with Gasteiger partial charge in [-0.2, -0.15) is 10.1 Å². The van der Waals surface area contributed by atoms with Crippen LogP contribution < -0.4 is 10.2 Å². The Balaban J connectivity index is 1.32. The number of amides is 1. The number of hydrogen-bond donors (Lipinski definition) is 1. The first-order valence-corrected chi connectivity index (χ1v) is 11.4. The summed E-state index contributed by atoms with van der Waals surface area (Å²) in [7, 11) is 0. The zero-order valence-electron chi connectivity index (χ0n) is 17.7. The van der Waals surface area contributed by atoms with Crippen LogP contribution in [0.4, 0.5) is 5.13 Å². The van der Waals surface area contributed by atoms with Gasteiger partial charge in [-0.05, 0) is 51.0 Å². The highest BCUT2D eigenvalue weighted by Gasteiger charge is 2.28. The highest BCUT2D eigenvalue weighted by Crippen LogP contribution is 2.34. The molecule has 0 radical (unpaired) electrons.